The Hall–Kier alpha value is -0.870. The molecule has 0 aliphatic rings. The van der Waals surface area contributed by atoms with Crippen molar-refractivity contribution in [3.8, 4) is 0 Å². The predicted octanol–water partition coefficient (Wildman–Crippen LogP) is 2.69. The van der Waals surface area contributed by atoms with Crippen molar-refractivity contribution in [3.05, 3.63) is 30.3 Å². The van der Waals surface area contributed by atoms with Crippen molar-refractivity contribution in [2.75, 3.05) is 32.5 Å². The van der Waals surface area contributed by atoms with Gasteiger partial charge in [0.2, 0.25) is 0 Å². The monoisotopic (exact) mass is 497 g/mol. The van der Waals surface area contributed by atoms with E-state index in [1.54, 1.807) is 37.4 Å². The van der Waals surface area contributed by atoms with Crippen LogP contribution in [0.3, 0.4) is 0 Å². The zero-order valence-corrected chi connectivity index (χ0v) is 19.4. The van der Waals surface area contributed by atoms with Crippen LogP contribution >= 0.6 is 24.0 Å². The molecule has 0 saturated heterocycles. The number of rotatable bonds is 8. The van der Waals surface area contributed by atoms with E-state index in [4.69, 9.17) is 4.74 Å². The van der Waals surface area contributed by atoms with E-state index in [1.807, 2.05) is 6.92 Å². The first kappa shape index (κ1) is 25.1. The zero-order chi connectivity index (χ0) is 18.9. The number of halogens is 1. The van der Waals surface area contributed by atoms with Crippen LogP contribution in [0.1, 0.15) is 27.7 Å². The van der Waals surface area contributed by atoms with E-state index in [0.29, 0.717) is 23.9 Å². The lowest BCUT2D eigenvalue weighted by atomic mass is 9.89. The highest BCUT2D eigenvalue weighted by Gasteiger charge is 2.24. The minimum atomic E-state index is -3.30. The van der Waals surface area contributed by atoms with Gasteiger partial charge < -0.3 is 15.4 Å². The fourth-order valence-electron chi connectivity index (χ4n) is 2.27. The highest BCUT2D eigenvalue weighted by Crippen LogP contribution is 2.21. The molecule has 1 atom stereocenters. The van der Waals surface area contributed by atoms with Crippen LogP contribution in [0, 0.1) is 5.41 Å². The van der Waals surface area contributed by atoms with Gasteiger partial charge in [-0.3, -0.25) is 4.99 Å². The molecular weight excluding hydrogens is 465 g/mol. The summed E-state index contributed by atoms with van der Waals surface area (Å²) in [5.41, 5.74) is -0.0216. The summed E-state index contributed by atoms with van der Waals surface area (Å²) in [6.07, 6.45) is -0.0176. The molecule has 0 radical (unpaired) electrons. The van der Waals surface area contributed by atoms with Crippen molar-refractivity contribution < 1.29 is 13.2 Å². The molecule has 1 unspecified atom stereocenters. The van der Waals surface area contributed by atoms with Crippen LogP contribution in [0.5, 0.6) is 0 Å². The van der Waals surface area contributed by atoms with Crippen LogP contribution < -0.4 is 10.6 Å². The lowest BCUT2D eigenvalue weighted by Gasteiger charge is -2.28. The minimum Gasteiger partial charge on any atom is -0.379 e. The molecule has 1 aromatic rings. The molecule has 0 aliphatic heterocycles. The maximum absolute atomic E-state index is 12.3. The van der Waals surface area contributed by atoms with E-state index in [0.717, 1.165) is 0 Å². The molecule has 0 heterocycles. The first-order valence-electron chi connectivity index (χ1n) is 8.53. The molecule has 0 spiro atoms. The van der Waals surface area contributed by atoms with Gasteiger partial charge in [0.15, 0.2) is 15.8 Å². The van der Waals surface area contributed by atoms with Gasteiger partial charge in [-0.05, 0) is 24.5 Å². The second-order valence-electron chi connectivity index (χ2n) is 6.87. The fourth-order valence-corrected chi connectivity index (χ4v) is 3.45. The predicted molar refractivity (Wildman–Crippen MR) is 118 cm³/mol. The summed E-state index contributed by atoms with van der Waals surface area (Å²) in [6, 6.07) is 8.48. The van der Waals surface area contributed by atoms with Gasteiger partial charge in [0, 0.05) is 20.2 Å². The first-order chi connectivity index (χ1) is 11.7. The Morgan fingerprint density at radius 1 is 1.19 bits per heavy atom. The zero-order valence-electron chi connectivity index (χ0n) is 16.3. The van der Waals surface area contributed by atoms with E-state index in [9.17, 15) is 8.42 Å². The van der Waals surface area contributed by atoms with Crippen molar-refractivity contribution in [1.29, 1.82) is 0 Å². The number of benzene rings is 1. The van der Waals surface area contributed by atoms with Crippen molar-refractivity contribution in [3.63, 3.8) is 0 Å². The number of sulfone groups is 1. The quantitative estimate of drug-likeness (QED) is 0.328. The number of ether oxygens (including phenoxy) is 1. The topological polar surface area (TPSA) is 79.8 Å². The number of methoxy groups -OCH3 is 1. The third-order valence-corrected chi connectivity index (χ3v) is 5.51. The Bertz CT molecular complexity index is 643. The molecule has 0 aliphatic carbocycles. The lowest BCUT2D eigenvalue weighted by Crippen LogP contribution is -2.41. The third kappa shape index (κ3) is 8.68. The molecule has 6 nitrogen and oxygen atoms in total. The largest absolute Gasteiger partial charge is 0.379 e. The molecule has 0 bridgehead atoms. The third-order valence-electron chi connectivity index (χ3n) is 3.78. The molecule has 150 valence electrons. The molecule has 1 aromatic carbocycles. The second kappa shape index (κ2) is 11.8. The average Bonchev–Trinajstić information content (AvgIpc) is 2.54. The highest BCUT2D eigenvalue weighted by molar-refractivity contribution is 14.0. The van der Waals surface area contributed by atoms with Gasteiger partial charge in [-0.25, -0.2) is 8.42 Å². The van der Waals surface area contributed by atoms with Crippen LogP contribution in [-0.4, -0.2) is 53.0 Å². The van der Waals surface area contributed by atoms with Gasteiger partial charge in [0.25, 0.3) is 0 Å². The van der Waals surface area contributed by atoms with Gasteiger partial charge in [0.05, 0.1) is 23.3 Å². The minimum absolute atomic E-state index is 0. The van der Waals surface area contributed by atoms with Crippen molar-refractivity contribution in [2.45, 2.75) is 38.7 Å². The average molecular weight is 497 g/mol. The van der Waals surface area contributed by atoms with Crippen molar-refractivity contribution in [1.82, 2.24) is 10.6 Å². The van der Waals surface area contributed by atoms with Gasteiger partial charge in [-0.2, -0.15) is 0 Å². The van der Waals surface area contributed by atoms with Crippen LogP contribution in [0.4, 0.5) is 0 Å². The van der Waals surface area contributed by atoms with Crippen LogP contribution in [0.25, 0.3) is 0 Å². The normalized spacial score (nSPS) is 13.7. The molecule has 26 heavy (non-hydrogen) atoms. The number of nitrogens with one attached hydrogen (secondary N) is 2. The number of hydrogen-bond donors (Lipinski definition) is 2. The number of guanidine groups is 1. The van der Waals surface area contributed by atoms with Gasteiger partial charge in [-0.1, -0.05) is 39.0 Å². The molecule has 1 rings (SSSR count). The Morgan fingerprint density at radius 3 is 2.31 bits per heavy atom. The summed E-state index contributed by atoms with van der Waals surface area (Å²) >= 11 is 0. The fraction of sp³-hybridized carbons (Fsp3) is 0.611. The summed E-state index contributed by atoms with van der Waals surface area (Å²) in [4.78, 5) is 4.86. The van der Waals surface area contributed by atoms with E-state index in [1.165, 1.54) is 0 Å². The van der Waals surface area contributed by atoms with E-state index in [2.05, 4.69) is 36.4 Å². The van der Waals surface area contributed by atoms with Crippen LogP contribution in [-0.2, 0) is 14.6 Å². The summed E-state index contributed by atoms with van der Waals surface area (Å²) in [5, 5.41) is 6.21. The summed E-state index contributed by atoms with van der Waals surface area (Å²) < 4.78 is 30.1. The molecule has 8 heteroatoms. The molecule has 0 amide bonds. The Balaban J connectivity index is 0.00000625. The Labute approximate surface area is 175 Å². The van der Waals surface area contributed by atoms with Gasteiger partial charge in [-0.15, -0.1) is 24.0 Å². The highest BCUT2D eigenvalue weighted by atomic mass is 127. The molecule has 0 aromatic heterocycles. The number of nitrogens with zero attached hydrogens (tertiary/aromatic N) is 1. The number of hydrogen-bond acceptors (Lipinski definition) is 4. The van der Waals surface area contributed by atoms with Crippen LogP contribution in [0.15, 0.2) is 40.2 Å². The van der Waals surface area contributed by atoms with E-state index < -0.39 is 9.84 Å². The SMILES string of the molecule is CCNC(=NCC(OC)C(C)(C)C)NCCS(=O)(=O)c1ccccc1.I. The second-order valence-corrected chi connectivity index (χ2v) is 8.98. The van der Waals surface area contributed by atoms with Crippen LogP contribution in [0.2, 0.25) is 0 Å². The number of aliphatic imine (C=N–C) groups is 1. The smallest absolute Gasteiger partial charge is 0.191 e. The maximum Gasteiger partial charge on any atom is 0.191 e. The Kier molecular flexibility index (Phi) is 11.4. The molecule has 0 fully saturated rings. The first-order valence-corrected chi connectivity index (χ1v) is 10.2. The molecular formula is C18H32IN3O3S. The van der Waals surface area contributed by atoms with Crippen molar-refractivity contribution >= 4 is 39.8 Å². The molecule has 2 N–H and O–H groups in total. The summed E-state index contributed by atoms with van der Waals surface area (Å²) in [6.45, 7) is 9.76. The van der Waals surface area contributed by atoms with E-state index in [-0.39, 0.29) is 47.8 Å². The maximum atomic E-state index is 12.3. The van der Waals surface area contributed by atoms with Crippen molar-refractivity contribution in [2.24, 2.45) is 10.4 Å². The van der Waals surface area contributed by atoms with E-state index >= 15 is 0 Å². The lowest BCUT2D eigenvalue weighted by molar-refractivity contribution is 0.0241. The molecule has 0 saturated carbocycles. The summed E-state index contributed by atoms with van der Waals surface area (Å²) in [5.74, 6) is 0.603. The Morgan fingerprint density at radius 2 is 1.81 bits per heavy atom. The van der Waals surface area contributed by atoms with Gasteiger partial charge in [0.1, 0.15) is 0 Å². The standard InChI is InChI=1S/C18H31N3O3S.HI/c1-6-19-17(21-14-16(24-5)18(2,3)4)20-12-13-25(22,23)15-10-8-7-9-11-15;/h7-11,16H,6,12-14H2,1-5H3,(H2,19,20,21);1H. The summed E-state index contributed by atoms with van der Waals surface area (Å²) in [7, 11) is -1.62. The van der Waals surface area contributed by atoms with Gasteiger partial charge >= 0.3 is 0 Å².